The smallest absolute Gasteiger partial charge is 0.0372 e. The summed E-state index contributed by atoms with van der Waals surface area (Å²) in [7, 11) is 0. The number of fused-ring (bicyclic) bond motifs is 2. The summed E-state index contributed by atoms with van der Waals surface area (Å²) < 4.78 is 0. The van der Waals surface area contributed by atoms with Crippen LogP contribution in [0.3, 0.4) is 0 Å². The van der Waals surface area contributed by atoms with E-state index in [-0.39, 0.29) is 0 Å². The van der Waals surface area contributed by atoms with Crippen molar-refractivity contribution in [2.75, 3.05) is 11.9 Å². The number of para-hydroxylation sites is 1. The van der Waals surface area contributed by atoms with Gasteiger partial charge in [-0.25, -0.2) is 0 Å². The number of benzene rings is 1. The summed E-state index contributed by atoms with van der Waals surface area (Å²) in [6, 6.07) is 8.79. The molecule has 2 atom stereocenters. The first-order chi connectivity index (χ1) is 7.93. The molecule has 84 valence electrons. The summed E-state index contributed by atoms with van der Waals surface area (Å²) in [5.41, 5.74) is 2.86. The highest BCUT2D eigenvalue weighted by atomic mass is 14.9. The monoisotopic (exact) mass is 213 g/mol. The van der Waals surface area contributed by atoms with Gasteiger partial charge in [0.25, 0.3) is 0 Å². The molecule has 0 bridgehead atoms. The van der Waals surface area contributed by atoms with E-state index in [0.717, 1.165) is 18.4 Å². The van der Waals surface area contributed by atoms with Gasteiger partial charge in [0.1, 0.15) is 0 Å². The van der Waals surface area contributed by atoms with Crippen molar-refractivity contribution in [3.05, 3.63) is 42.0 Å². The maximum atomic E-state index is 3.57. The predicted octanol–water partition coefficient (Wildman–Crippen LogP) is 3.63. The highest BCUT2D eigenvalue weighted by molar-refractivity contribution is 5.51. The van der Waals surface area contributed by atoms with Crippen LogP contribution in [0.5, 0.6) is 0 Å². The van der Waals surface area contributed by atoms with Gasteiger partial charge in [-0.1, -0.05) is 30.4 Å². The Morgan fingerprint density at radius 1 is 1.00 bits per heavy atom. The SMILES string of the molecule is C1=CCC2Cc3ccccc3NCCC2C1. The molecule has 2 unspecified atom stereocenters. The van der Waals surface area contributed by atoms with Crippen molar-refractivity contribution >= 4 is 5.69 Å². The second-order valence-corrected chi connectivity index (χ2v) is 5.04. The topological polar surface area (TPSA) is 12.0 Å². The summed E-state index contributed by atoms with van der Waals surface area (Å²) in [6.07, 6.45) is 9.88. The van der Waals surface area contributed by atoms with Gasteiger partial charge in [-0.3, -0.25) is 0 Å². The Bertz CT molecular complexity index is 394. The molecular weight excluding hydrogens is 194 g/mol. The standard InChI is InChI=1S/C15H19N/c1-2-6-13-11-14-7-3-4-8-15(14)16-10-9-12(13)5-1/h1-4,7-8,12-13,16H,5-6,9-11H2. The first kappa shape index (κ1) is 9.95. The average Bonchev–Trinajstić information content (AvgIpc) is 2.29. The summed E-state index contributed by atoms with van der Waals surface area (Å²) in [4.78, 5) is 0. The molecule has 0 amide bonds. The third-order valence-electron chi connectivity index (χ3n) is 4.04. The largest absolute Gasteiger partial charge is 0.385 e. The van der Waals surface area contributed by atoms with E-state index in [1.165, 1.54) is 36.9 Å². The van der Waals surface area contributed by atoms with Crippen molar-refractivity contribution in [3.63, 3.8) is 0 Å². The van der Waals surface area contributed by atoms with E-state index in [1.807, 2.05) is 0 Å². The van der Waals surface area contributed by atoms with E-state index < -0.39 is 0 Å². The van der Waals surface area contributed by atoms with Crippen molar-refractivity contribution in [1.82, 2.24) is 0 Å². The van der Waals surface area contributed by atoms with Crippen molar-refractivity contribution in [2.24, 2.45) is 11.8 Å². The first-order valence-corrected chi connectivity index (χ1v) is 6.40. The lowest BCUT2D eigenvalue weighted by atomic mass is 9.76. The molecule has 16 heavy (non-hydrogen) atoms. The molecule has 1 heterocycles. The molecular formula is C15H19N. The minimum atomic E-state index is 0.869. The number of hydrogen-bond donors (Lipinski definition) is 1. The Morgan fingerprint density at radius 2 is 1.81 bits per heavy atom. The summed E-state index contributed by atoms with van der Waals surface area (Å²) in [5, 5.41) is 3.57. The van der Waals surface area contributed by atoms with Crippen LogP contribution in [0.15, 0.2) is 36.4 Å². The zero-order valence-electron chi connectivity index (χ0n) is 9.65. The Balaban J connectivity index is 1.89. The summed E-state index contributed by atoms with van der Waals surface area (Å²) in [5.74, 6) is 1.76. The zero-order valence-corrected chi connectivity index (χ0v) is 9.65. The molecule has 0 spiro atoms. The van der Waals surface area contributed by atoms with Crippen molar-refractivity contribution in [1.29, 1.82) is 0 Å². The number of allylic oxidation sites excluding steroid dienone is 2. The normalized spacial score (nSPS) is 28.2. The molecule has 1 N–H and O–H groups in total. The van der Waals surface area contributed by atoms with Crippen LogP contribution in [0.1, 0.15) is 24.8 Å². The Hall–Kier alpha value is -1.24. The molecule has 1 heteroatoms. The second kappa shape index (κ2) is 4.32. The van der Waals surface area contributed by atoms with Gasteiger partial charge in [0, 0.05) is 12.2 Å². The van der Waals surface area contributed by atoms with E-state index in [0.29, 0.717) is 0 Å². The molecule has 0 saturated carbocycles. The molecule has 1 aromatic carbocycles. The van der Waals surface area contributed by atoms with Crippen LogP contribution in [0, 0.1) is 11.8 Å². The van der Waals surface area contributed by atoms with Crippen molar-refractivity contribution in [3.8, 4) is 0 Å². The van der Waals surface area contributed by atoms with Crippen molar-refractivity contribution in [2.45, 2.75) is 25.7 Å². The molecule has 0 saturated heterocycles. The Morgan fingerprint density at radius 3 is 2.75 bits per heavy atom. The number of anilines is 1. The van der Waals surface area contributed by atoms with E-state index >= 15 is 0 Å². The quantitative estimate of drug-likeness (QED) is 0.649. The number of hydrogen-bond acceptors (Lipinski definition) is 1. The van der Waals surface area contributed by atoms with Gasteiger partial charge >= 0.3 is 0 Å². The average molecular weight is 213 g/mol. The molecule has 1 aliphatic carbocycles. The summed E-state index contributed by atoms with van der Waals surface area (Å²) >= 11 is 0. The van der Waals surface area contributed by atoms with Crippen LogP contribution in [-0.2, 0) is 6.42 Å². The lowest BCUT2D eigenvalue weighted by Gasteiger charge is -2.31. The molecule has 0 radical (unpaired) electrons. The third kappa shape index (κ3) is 1.87. The minimum Gasteiger partial charge on any atom is -0.385 e. The molecule has 1 aromatic rings. The lowest BCUT2D eigenvalue weighted by molar-refractivity contribution is 0.305. The Kier molecular flexibility index (Phi) is 2.69. The van der Waals surface area contributed by atoms with Gasteiger partial charge in [0.05, 0.1) is 0 Å². The van der Waals surface area contributed by atoms with Crippen LogP contribution in [0.4, 0.5) is 5.69 Å². The van der Waals surface area contributed by atoms with E-state index in [1.54, 1.807) is 0 Å². The van der Waals surface area contributed by atoms with E-state index in [4.69, 9.17) is 0 Å². The fourth-order valence-electron chi connectivity index (χ4n) is 3.08. The lowest BCUT2D eigenvalue weighted by Crippen LogP contribution is -2.24. The molecule has 1 aliphatic heterocycles. The first-order valence-electron chi connectivity index (χ1n) is 6.40. The molecule has 1 nitrogen and oxygen atoms in total. The van der Waals surface area contributed by atoms with Gasteiger partial charge in [0.2, 0.25) is 0 Å². The maximum absolute atomic E-state index is 3.57. The van der Waals surface area contributed by atoms with Gasteiger partial charge in [-0.05, 0) is 49.1 Å². The molecule has 0 aromatic heterocycles. The fourth-order valence-corrected chi connectivity index (χ4v) is 3.08. The van der Waals surface area contributed by atoms with Crippen LogP contribution in [0.2, 0.25) is 0 Å². The molecule has 0 fully saturated rings. The highest BCUT2D eigenvalue weighted by Gasteiger charge is 2.24. The van der Waals surface area contributed by atoms with Crippen molar-refractivity contribution < 1.29 is 0 Å². The molecule has 2 aliphatic rings. The van der Waals surface area contributed by atoms with Gasteiger partial charge in [-0.15, -0.1) is 0 Å². The third-order valence-corrected chi connectivity index (χ3v) is 4.04. The van der Waals surface area contributed by atoms with E-state index in [2.05, 4.69) is 41.7 Å². The van der Waals surface area contributed by atoms with Crippen LogP contribution in [-0.4, -0.2) is 6.54 Å². The number of nitrogens with one attached hydrogen (secondary N) is 1. The molecule has 3 rings (SSSR count). The number of rotatable bonds is 0. The van der Waals surface area contributed by atoms with Crippen LogP contribution < -0.4 is 5.32 Å². The predicted molar refractivity (Wildman–Crippen MR) is 68.6 cm³/mol. The van der Waals surface area contributed by atoms with E-state index in [9.17, 15) is 0 Å². The van der Waals surface area contributed by atoms with Crippen LogP contribution >= 0.6 is 0 Å². The Labute approximate surface area is 97.6 Å². The van der Waals surface area contributed by atoms with Gasteiger partial charge < -0.3 is 5.32 Å². The van der Waals surface area contributed by atoms with Gasteiger partial charge in [-0.2, -0.15) is 0 Å². The highest BCUT2D eigenvalue weighted by Crippen LogP contribution is 2.34. The second-order valence-electron chi connectivity index (χ2n) is 5.04. The minimum absolute atomic E-state index is 0.869. The fraction of sp³-hybridized carbons (Fsp3) is 0.467. The summed E-state index contributed by atoms with van der Waals surface area (Å²) in [6.45, 7) is 1.13. The van der Waals surface area contributed by atoms with Gasteiger partial charge in [0.15, 0.2) is 0 Å². The van der Waals surface area contributed by atoms with Crippen LogP contribution in [0.25, 0.3) is 0 Å². The maximum Gasteiger partial charge on any atom is 0.0372 e. The zero-order chi connectivity index (χ0) is 10.8.